The Morgan fingerprint density at radius 2 is 1.73 bits per heavy atom. The number of benzene rings is 1. The molecule has 3 rings (SSSR count). The van der Waals surface area contributed by atoms with Crippen molar-refractivity contribution in [3.05, 3.63) is 53.3 Å². The van der Waals surface area contributed by atoms with Crippen LogP contribution in [0, 0.1) is 13.8 Å². The lowest BCUT2D eigenvalue weighted by atomic mass is 9.92. The van der Waals surface area contributed by atoms with Crippen LogP contribution in [0.2, 0.25) is 0 Å². The molecule has 0 aliphatic heterocycles. The largest absolute Gasteiger partial charge is 0.460 e. The topological polar surface area (TPSA) is 84.3 Å². The first-order valence-electron chi connectivity index (χ1n) is 9.03. The van der Waals surface area contributed by atoms with E-state index in [4.69, 9.17) is 4.74 Å². The maximum atomic E-state index is 12.2. The molecule has 1 atom stereocenters. The van der Waals surface area contributed by atoms with Gasteiger partial charge in [-0.25, -0.2) is 9.97 Å². The number of aliphatic hydroxyl groups excluding tert-OH is 1. The highest BCUT2D eigenvalue weighted by molar-refractivity contribution is 5.82. The summed E-state index contributed by atoms with van der Waals surface area (Å²) in [5.74, 6) is -0.349. The van der Waals surface area contributed by atoms with E-state index in [9.17, 15) is 9.90 Å². The smallest absolute Gasteiger partial charge is 0.317 e. The minimum absolute atomic E-state index is 0.0564. The Hall–Kier alpha value is -2.47. The molecule has 1 saturated carbocycles. The van der Waals surface area contributed by atoms with E-state index in [1.807, 2.05) is 38.1 Å². The molecule has 6 heteroatoms. The van der Waals surface area contributed by atoms with Gasteiger partial charge in [-0.05, 0) is 51.2 Å². The molecule has 1 aliphatic rings. The first-order chi connectivity index (χ1) is 12.5. The molecular formula is C20H25N3O3. The number of nitrogens with one attached hydrogen (secondary N) is 1. The van der Waals surface area contributed by atoms with Gasteiger partial charge in [-0.15, -0.1) is 0 Å². The van der Waals surface area contributed by atoms with E-state index in [1.54, 1.807) is 12.1 Å². The number of nitrogens with zero attached hydrogens (tertiary/aromatic N) is 2. The van der Waals surface area contributed by atoms with Crippen molar-refractivity contribution in [3.8, 4) is 6.01 Å². The van der Waals surface area contributed by atoms with Crippen molar-refractivity contribution in [3.63, 3.8) is 0 Å². The van der Waals surface area contributed by atoms with Crippen LogP contribution >= 0.6 is 0 Å². The molecule has 0 radical (unpaired) electrons. The maximum Gasteiger partial charge on any atom is 0.317 e. The number of ether oxygens (including phenoxy) is 1. The van der Waals surface area contributed by atoms with Gasteiger partial charge in [0.1, 0.15) is 6.10 Å². The fraction of sp³-hybridized carbons (Fsp3) is 0.450. The van der Waals surface area contributed by atoms with E-state index in [2.05, 4.69) is 15.3 Å². The van der Waals surface area contributed by atoms with E-state index in [0.717, 1.165) is 37.1 Å². The molecule has 2 aromatic rings. The molecule has 1 aromatic carbocycles. The Labute approximate surface area is 153 Å². The van der Waals surface area contributed by atoms with Gasteiger partial charge < -0.3 is 15.2 Å². The Morgan fingerprint density at radius 3 is 2.35 bits per heavy atom. The molecule has 1 aliphatic carbocycles. The summed E-state index contributed by atoms with van der Waals surface area (Å²) >= 11 is 0. The summed E-state index contributed by atoms with van der Waals surface area (Å²) in [6.07, 6.45) is 2.19. The molecule has 26 heavy (non-hydrogen) atoms. The van der Waals surface area contributed by atoms with Crippen LogP contribution in [0.5, 0.6) is 6.01 Å². The van der Waals surface area contributed by atoms with E-state index >= 15 is 0 Å². The quantitative estimate of drug-likeness (QED) is 0.861. The van der Waals surface area contributed by atoms with Gasteiger partial charge in [0, 0.05) is 17.4 Å². The first kappa shape index (κ1) is 18.3. The summed E-state index contributed by atoms with van der Waals surface area (Å²) in [7, 11) is 0. The second-order valence-corrected chi connectivity index (χ2v) is 6.85. The Kier molecular flexibility index (Phi) is 5.83. The average Bonchev–Trinajstić information content (AvgIpc) is 2.62. The number of hydrogen-bond donors (Lipinski definition) is 2. The van der Waals surface area contributed by atoms with Gasteiger partial charge in [0.2, 0.25) is 0 Å². The summed E-state index contributed by atoms with van der Waals surface area (Å²) in [6, 6.07) is 11.4. The zero-order valence-corrected chi connectivity index (χ0v) is 15.2. The second kappa shape index (κ2) is 8.27. The Balaban J connectivity index is 1.48. The summed E-state index contributed by atoms with van der Waals surface area (Å²) in [6.45, 7) is 3.85. The highest BCUT2D eigenvalue weighted by atomic mass is 16.5. The van der Waals surface area contributed by atoms with Gasteiger partial charge >= 0.3 is 6.01 Å². The zero-order chi connectivity index (χ0) is 18.5. The lowest BCUT2D eigenvalue weighted by molar-refractivity contribution is -0.130. The van der Waals surface area contributed by atoms with Crippen LogP contribution in [0.15, 0.2) is 36.4 Å². The van der Waals surface area contributed by atoms with Crippen LogP contribution in [0.4, 0.5) is 0 Å². The Bertz CT molecular complexity index is 723. The van der Waals surface area contributed by atoms with Crippen molar-refractivity contribution in [2.75, 3.05) is 0 Å². The molecular weight excluding hydrogens is 330 g/mol. The Morgan fingerprint density at radius 1 is 1.12 bits per heavy atom. The van der Waals surface area contributed by atoms with Crippen molar-refractivity contribution in [1.82, 2.24) is 15.3 Å². The lowest BCUT2D eigenvalue weighted by Gasteiger charge is -2.29. The normalized spacial score (nSPS) is 21.0. The SMILES string of the molecule is Cc1cc(C)nc(OC2CCC(NC(=O)C(O)c3ccccc3)CC2)n1. The molecule has 0 saturated heterocycles. The molecule has 1 unspecified atom stereocenters. The monoisotopic (exact) mass is 355 g/mol. The third-order valence-corrected chi connectivity index (χ3v) is 4.62. The number of carbonyl (C=O) groups is 1. The van der Waals surface area contributed by atoms with Crippen LogP contribution in [0.25, 0.3) is 0 Å². The van der Waals surface area contributed by atoms with Crippen LogP contribution in [0.3, 0.4) is 0 Å². The zero-order valence-electron chi connectivity index (χ0n) is 15.2. The van der Waals surface area contributed by atoms with Crippen molar-refractivity contribution < 1.29 is 14.6 Å². The van der Waals surface area contributed by atoms with Gasteiger partial charge in [0.25, 0.3) is 5.91 Å². The maximum absolute atomic E-state index is 12.2. The van der Waals surface area contributed by atoms with Crippen LogP contribution in [-0.4, -0.2) is 33.1 Å². The van der Waals surface area contributed by atoms with E-state index in [0.29, 0.717) is 11.6 Å². The highest BCUT2D eigenvalue weighted by Crippen LogP contribution is 2.23. The summed E-state index contributed by atoms with van der Waals surface area (Å²) in [5.41, 5.74) is 2.39. The van der Waals surface area contributed by atoms with Gasteiger partial charge in [-0.3, -0.25) is 4.79 Å². The minimum Gasteiger partial charge on any atom is -0.460 e. The number of aromatic nitrogens is 2. The van der Waals surface area contributed by atoms with Crippen LogP contribution in [-0.2, 0) is 4.79 Å². The number of aliphatic hydroxyl groups is 1. The molecule has 2 N–H and O–H groups in total. The predicted molar refractivity (Wildman–Crippen MR) is 97.7 cm³/mol. The first-order valence-corrected chi connectivity index (χ1v) is 9.03. The molecule has 1 aromatic heterocycles. The number of carbonyl (C=O) groups excluding carboxylic acids is 1. The van der Waals surface area contributed by atoms with E-state index in [-0.39, 0.29) is 18.1 Å². The van der Waals surface area contributed by atoms with E-state index < -0.39 is 6.10 Å². The van der Waals surface area contributed by atoms with Crippen molar-refractivity contribution >= 4 is 5.91 Å². The number of hydrogen-bond acceptors (Lipinski definition) is 5. The van der Waals surface area contributed by atoms with Gasteiger partial charge in [-0.1, -0.05) is 30.3 Å². The summed E-state index contributed by atoms with van der Waals surface area (Å²) in [4.78, 5) is 20.9. The fourth-order valence-electron chi connectivity index (χ4n) is 3.29. The van der Waals surface area contributed by atoms with E-state index in [1.165, 1.54) is 0 Å². The van der Waals surface area contributed by atoms with Crippen LogP contribution < -0.4 is 10.1 Å². The lowest BCUT2D eigenvalue weighted by Crippen LogP contribution is -2.41. The highest BCUT2D eigenvalue weighted by Gasteiger charge is 2.26. The minimum atomic E-state index is -1.13. The molecule has 138 valence electrons. The fourth-order valence-corrected chi connectivity index (χ4v) is 3.29. The third-order valence-electron chi connectivity index (χ3n) is 4.62. The molecule has 0 bridgehead atoms. The third kappa shape index (κ3) is 4.79. The molecule has 6 nitrogen and oxygen atoms in total. The molecule has 0 spiro atoms. The molecule has 1 heterocycles. The standard InChI is InChI=1S/C20H25N3O3/c1-13-12-14(2)22-20(21-13)26-17-10-8-16(9-11-17)23-19(25)18(24)15-6-4-3-5-7-15/h3-7,12,16-18,24H,8-11H2,1-2H3,(H,23,25). The van der Waals surface area contributed by atoms with Crippen molar-refractivity contribution in [1.29, 1.82) is 0 Å². The van der Waals surface area contributed by atoms with Crippen molar-refractivity contribution in [2.24, 2.45) is 0 Å². The van der Waals surface area contributed by atoms with Crippen LogP contribution in [0.1, 0.15) is 48.7 Å². The summed E-state index contributed by atoms with van der Waals surface area (Å²) < 4.78 is 5.90. The molecule has 1 amide bonds. The van der Waals surface area contributed by atoms with Gasteiger partial charge in [0.15, 0.2) is 6.10 Å². The summed E-state index contributed by atoms with van der Waals surface area (Å²) in [5, 5.41) is 13.1. The van der Waals surface area contributed by atoms with Crippen molar-refractivity contribution in [2.45, 2.75) is 57.8 Å². The van der Waals surface area contributed by atoms with Gasteiger partial charge in [0.05, 0.1) is 0 Å². The molecule has 1 fully saturated rings. The second-order valence-electron chi connectivity index (χ2n) is 6.85. The number of aryl methyl sites for hydroxylation is 2. The predicted octanol–water partition coefficient (Wildman–Crippen LogP) is 2.63. The number of rotatable bonds is 5. The van der Waals surface area contributed by atoms with Gasteiger partial charge in [-0.2, -0.15) is 0 Å². The number of amides is 1. The average molecular weight is 355 g/mol.